The van der Waals surface area contributed by atoms with Crippen LogP contribution in [0.25, 0.3) is 0 Å². The second-order valence-electron chi connectivity index (χ2n) is 10.6. The summed E-state index contributed by atoms with van der Waals surface area (Å²) < 4.78 is 0. The molecule has 0 unspecified atom stereocenters. The van der Waals surface area contributed by atoms with Gasteiger partial charge in [-0.25, -0.2) is 0 Å². The zero-order valence-corrected chi connectivity index (χ0v) is 21.9. The van der Waals surface area contributed by atoms with Crippen molar-refractivity contribution in [2.75, 3.05) is 32.7 Å². The highest BCUT2D eigenvalue weighted by Crippen LogP contribution is 2.30. The van der Waals surface area contributed by atoms with Gasteiger partial charge in [0.2, 0.25) is 5.78 Å². The summed E-state index contributed by atoms with van der Waals surface area (Å²) in [5.41, 5.74) is 4.59. The maximum absolute atomic E-state index is 12.0. The van der Waals surface area contributed by atoms with Crippen LogP contribution in [0.3, 0.4) is 0 Å². The number of likely N-dealkylation sites (tertiary alicyclic amines) is 2. The molecule has 0 aromatic heterocycles. The largest absolute Gasteiger partial charge is 0.503 e. The number of carbonyl (C=O) groups excluding carboxylic acids is 1. The molecule has 1 N–H and O–H groups in total. The quantitative estimate of drug-likeness (QED) is 0.553. The molecule has 0 aliphatic carbocycles. The summed E-state index contributed by atoms with van der Waals surface area (Å²) in [6.07, 6.45) is 3.10. The van der Waals surface area contributed by atoms with E-state index in [1.165, 1.54) is 5.56 Å². The van der Waals surface area contributed by atoms with Gasteiger partial charge in [0.1, 0.15) is 0 Å². The first-order valence-corrected chi connectivity index (χ1v) is 13.4. The van der Waals surface area contributed by atoms with Gasteiger partial charge in [-0.2, -0.15) is 10.5 Å². The summed E-state index contributed by atoms with van der Waals surface area (Å²) >= 11 is 0. The van der Waals surface area contributed by atoms with Gasteiger partial charge in [-0.05, 0) is 48.4 Å². The zero-order chi connectivity index (χ0) is 27.2. The fourth-order valence-corrected chi connectivity index (χ4v) is 5.36. The van der Waals surface area contributed by atoms with Gasteiger partial charge in [0.25, 0.3) is 0 Å². The number of benzene rings is 2. The molecule has 3 aliphatic rings. The minimum Gasteiger partial charge on any atom is -0.503 e. The van der Waals surface area contributed by atoms with Crippen molar-refractivity contribution in [3.63, 3.8) is 0 Å². The number of ketones is 1. The maximum atomic E-state index is 12.0. The normalized spacial score (nSPS) is 20.6. The van der Waals surface area contributed by atoms with E-state index >= 15 is 0 Å². The van der Waals surface area contributed by atoms with E-state index in [1.807, 2.05) is 24.3 Å². The number of Topliss-reactive ketones (excluding diaryl/α,β-unsaturated/α-hetero) is 1. The topological polar surface area (TPSA) is 104 Å². The minimum absolute atomic E-state index is 0.0263. The monoisotopic (exact) mass is 517 g/mol. The molecule has 7 heteroatoms. The van der Waals surface area contributed by atoms with Gasteiger partial charge in [-0.15, -0.1) is 0 Å². The summed E-state index contributed by atoms with van der Waals surface area (Å²) in [5, 5.41) is 28.5. The fraction of sp³-hybridized carbons (Fsp3) is 0.375. The average Bonchev–Trinajstić information content (AvgIpc) is 3.39. The number of hydrogen-bond acceptors (Lipinski definition) is 7. The Morgan fingerprint density at radius 2 is 1.56 bits per heavy atom. The van der Waals surface area contributed by atoms with Crippen molar-refractivity contribution in [2.24, 2.45) is 16.8 Å². The molecule has 0 radical (unpaired) electrons. The Morgan fingerprint density at radius 1 is 0.923 bits per heavy atom. The predicted octanol–water partition coefficient (Wildman–Crippen LogP) is 4.17. The Labute approximate surface area is 229 Å². The number of rotatable bonds is 7. The van der Waals surface area contributed by atoms with Crippen LogP contribution in [-0.4, -0.2) is 59.6 Å². The highest BCUT2D eigenvalue weighted by Gasteiger charge is 2.30. The van der Waals surface area contributed by atoms with Crippen molar-refractivity contribution < 1.29 is 9.90 Å². The summed E-state index contributed by atoms with van der Waals surface area (Å²) in [4.78, 5) is 20.8. The van der Waals surface area contributed by atoms with Gasteiger partial charge in [0, 0.05) is 68.8 Å². The molecular weight excluding hydrogens is 486 g/mol. The van der Waals surface area contributed by atoms with Crippen LogP contribution in [0.1, 0.15) is 47.4 Å². The molecule has 7 nitrogen and oxygen atoms in total. The molecule has 0 amide bonds. The zero-order valence-electron chi connectivity index (χ0n) is 21.9. The third-order valence-corrected chi connectivity index (χ3v) is 7.67. The van der Waals surface area contributed by atoms with Gasteiger partial charge in [0.05, 0.1) is 29.7 Å². The molecule has 2 fully saturated rings. The van der Waals surface area contributed by atoms with Crippen LogP contribution in [0.15, 0.2) is 65.0 Å². The summed E-state index contributed by atoms with van der Waals surface area (Å²) in [6.45, 7) is 4.88. The molecule has 5 rings (SSSR count). The summed E-state index contributed by atoms with van der Waals surface area (Å²) in [5.74, 6) is 6.20. The summed E-state index contributed by atoms with van der Waals surface area (Å²) in [6, 6.07) is 21.1. The third-order valence-electron chi connectivity index (χ3n) is 7.67. The predicted molar refractivity (Wildman–Crippen MR) is 149 cm³/mol. The second-order valence-corrected chi connectivity index (χ2v) is 10.6. The third kappa shape index (κ3) is 6.62. The van der Waals surface area contributed by atoms with Gasteiger partial charge in [-0.3, -0.25) is 14.7 Å². The molecule has 196 valence electrons. The van der Waals surface area contributed by atoms with Crippen molar-refractivity contribution in [3.05, 3.63) is 82.2 Å². The second kappa shape index (κ2) is 12.1. The van der Waals surface area contributed by atoms with Gasteiger partial charge in [0.15, 0.2) is 5.76 Å². The Kier molecular flexibility index (Phi) is 8.18. The molecule has 2 aromatic carbocycles. The first kappa shape index (κ1) is 26.4. The molecule has 3 aliphatic heterocycles. The van der Waals surface area contributed by atoms with Gasteiger partial charge in [-0.1, -0.05) is 36.1 Å². The molecule has 0 saturated carbocycles. The van der Waals surface area contributed by atoms with Crippen LogP contribution in [0.2, 0.25) is 0 Å². The van der Waals surface area contributed by atoms with E-state index in [1.54, 1.807) is 6.21 Å². The Bertz CT molecular complexity index is 1410. The molecule has 2 saturated heterocycles. The number of allylic oxidation sites excluding steroid dienone is 2. The average molecular weight is 518 g/mol. The first-order valence-electron chi connectivity index (χ1n) is 13.4. The number of aliphatic imine (C=N–C) groups is 1. The lowest BCUT2D eigenvalue weighted by atomic mass is 9.89. The van der Waals surface area contributed by atoms with E-state index in [0.717, 1.165) is 62.4 Å². The molecule has 0 bridgehead atoms. The van der Waals surface area contributed by atoms with Crippen LogP contribution in [0.4, 0.5) is 0 Å². The van der Waals surface area contributed by atoms with Crippen molar-refractivity contribution in [1.29, 1.82) is 10.5 Å². The van der Waals surface area contributed by atoms with Gasteiger partial charge < -0.3 is 10.0 Å². The number of nitriles is 2. The van der Waals surface area contributed by atoms with Crippen molar-refractivity contribution in [3.8, 4) is 24.0 Å². The van der Waals surface area contributed by atoms with Crippen LogP contribution in [0, 0.1) is 46.3 Å². The van der Waals surface area contributed by atoms with Crippen molar-refractivity contribution >= 4 is 12.0 Å². The molecule has 0 spiro atoms. The van der Waals surface area contributed by atoms with E-state index < -0.39 is 0 Å². The molecular formula is C32H31N5O2. The van der Waals surface area contributed by atoms with E-state index in [9.17, 15) is 9.90 Å². The van der Waals surface area contributed by atoms with E-state index in [2.05, 4.69) is 63.0 Å². The Hall–Kier alpha value is -4.22. The van der Waals surface area contributed by atoms with Crippen molar-refractivity contribution in [1.82, 2.24) is 9.80 Å². The smallest absolute Gasteiger partial charge is 0.204 e. The number of nitrogens with zero attached hydrogens (tertiary/aromatic N) is 5. The van der Waals surface area contributed by atoms with E-state index in [0.29, 0.717) is 12.1 Å². The number of aliphatic hydroxyl groups is 1. The SMILES string of the molecule is N#CC1CN(C[C@@H](CC2=C(O)C(=O)CC=N2)c2ccc(C#Cc3ccc(CN4CC[C@H](C#N)C4)cc3)cc2)C1. The molecule has 39 heavy (non-hydrogen) atoms. The lowest BCUT2D eigenvalue weighted by molar-refractivity contribution is -0.117. The number of carbonyl (C=O) groups is 1. The Balaban J connectivity index is 1.24. The lowest BCUT2D eigenvalue weighted by Gasteiger charge is -2.38. The maximum Gasteiger partial charge on any atom is 0.204 e. The van der Waals surface area contributed by atoms with Crippen molar-refractivity contribution in [2.45, 2.75) is 31.7 Å². The highest BCUT2D eigenvalue weighted by atomic mass is 16.3. The first-order chi connectivity index (χ1) is 19.0. The molecule has 2 atom stereocenters. The van der Waals surface area contributed by atoms with E-state index in [4.69, 9.17) is 10.5 Å². The van der Waals surface area contributed by atoms with Crippen LogP contribution in [-0.2, 0) is 11.3 Å². The Morgan fingerprint density at radius 3 is 2.21 bits per heavy atom. The van der Waals surface area contributed by atoms with Crippen LogP contribution >= 0.6 is 0 Å². The standard InChI is InChI=1S/C32H31N5O2/c33-16-26-12-14-36(19-26)18-25-5-3-23(4-6-25)1-2-24-7-9-28(10-8-24)29(22-37-20-27(17-34)21-37)15-30-32(39)31(38)11-13-35-30/h3-10,13,26-27,29,39H,11-12,14-15,18-22H2/t26-,29-/m1/s1. The van der Waals surface area contributed by atoms with Gasteiger partial charge >= 0.3 is 0 Å². The number of aliphatic hydroxyl groups excluding tert-OH is 1. The van der Waals surface area contributed by atoms with Crippen LogP contribution in [0.5, 0.6) is 0 Å². The van der Waals surface area contributed by atoms with E-state index in [-0.39, 0.29) is 35.7 Å². The molecule has 2 aromatic rings. The summed E-state index contributed by atoms with van der Waals surface area (Å²) in [7, 11) is 0. The highest BCUT2D eigenvalue weighted by molar-refractivity contribution is 6.03. The van der Waals surface area contributed by atoms with Crippen LogP contribution < -0.4 is 0 Å². The minimum atomic E-state index is -0.297. The fourth-order valence-electron chi connectivity index (χ4n) is 5.36. The molecule has 3 heterocycles. The number of hydrogen-bond donors (Lipinski definition) is 1. The lowest BCUT2D eigenvalue weighted by Crippen LogP contribution is -2.47.